The van der Waals surface area contributed by atoms with Crippen LogP contribution in [0.15, 0.2) is 12.1 Å². The highest BCUT2D eigenvalue weighted by Gasteiger charge is 1.99. The molecule has 0 saturated heterocycles. The summed E-state index contributed by atoms with van der Waals surface area (Å²) in [5.74, 6) is 0. The fraction of sp³-hybridized carbons (Fsp3) is 0.500. The zero-order valence-electron chi connectivity index (χ0n) is 7.34. The van der Waals surface area contributed by atoms with Gasteiger partial charge in [-0.2, -0.15) is 0 Å². The summed E-state index contributed by atoms with van der Waals surface area (Å²) in [6.07, 6.45) is 3.32. The maximum Gasteiger partial charge on any atom is 0.219 e. The van der Waals surface area contributed by atoms with E-state index in [0.29, 0.717) is 6.54 Å². The minimum atomic E-state index is 0.631. The second-order valence-electron chi connectivity index (χ2n) is 2.75. The lowest BCUT2D eigenvalue weighted by atomic mass is 10.3. The summed E-state index contributed by atoms with van der Waals surface area (Å²) < 4.78 is 0. The van der Waals surface area contributed by atoms with E-state index < -0.39 is 0 Å². The molecule has 0 aromatic carbocycles. The van der Waals surface area contributed by atoms with Crippen molar-refractivity contribution >= 4 is 11.3 Å². The molecule has 1 heterocycles. The zero-order chi connectivity index (χ0) is 8.81. The van der Waals surface area contributed by atoms with Crippen LogP contribution >= 0.6 is 11.3 Å². The number of nitrogens with zero attached hydrogens (tertiary/aromatic N) is 1. The van der Waals surface area contributed by atoms with Gasteiger partial charge in [-0.3, -0.25) is 0 Å². The lowest BCUT2D eigenvalue weighted by Gasteiger charge is -1.89. The molecule has 0 saturated carbocycles. The maximum absolute atomic E-state index is 6.67. The highest BCUT2D eigenvalue weighted by Crippen LogP contribution is 2.18. The fourth-order valence-corrected chi connectivity index (χ4v) is 2.21. The van der Waals surface area contributed by atoms with Crippen molar-refractivity contribution in [3.8, 4) is 0 Å². The van der Waals surface area contributed by atoms with Gasteiger partial charge in [0.2, 0.25) is 6.54 Å². The van der Waals surface area contributed by atoms with Crippen LogP contribution < -0.4 is 0 Å². The third kappa shape index (κ3) is 2.67. The average Bonchev–Trinajstić information content (AvgIpc) is 2.50. The summed E-state index contributed by atoms with van der Waals surface area (Å²) in [5, 5.41) is 0. The summed E-state index contributed by atoms with van der Waals surface area (Å²) >= 11 is 1.85. The molecule has 1 rings (SSSR count). The van der Waals surface area contributed by atoms with Crippen LogP contribution in [0.25, 0.3) is 4.85 Å². The highest BCUT2D eigenvalue weighted by molar-refractivity contribution is 7.11. The van der Waals surface area contributed by atoms with E-state index in [2.05, 4.69) is 23.9 Å². The Morgan fingerprint density at radius 3 is 2.58 bits per heavy atom. The van der Waals surface area contributed by atoms with Gasteiger partial charge in [0, 0.05) is 9.75 Å². The quantitative estimate of drug-likeness (QED) is 0.625. The molecule has 0 radical (unpaired) electrons. The number of hydrogen-bond donors (Lipinski definition) is 0. The molecule has 0 aliphatic carbocycles. The molecule has 0 atom stereocenters. The molecule has 64 valence electrons. The first-order valence-corrected chi connectivity index (χ1v) is 5.09. The van der Waals surface area contributed by atoms with E-state index in [9.17, 15) is 0 Å². The Morgan fingerprint density at radius 1 is 1.33 bits per heavy atom. The van der Waals surface area contributed by atoms with Crippen molar-refractivity contribution in [1.29, 1.82) is 0 Å². The molecule has 1 aromatic rings. The second-order valence-corrected chi connectivity index (χ2v) is 4.00. The molecule has 12 heavy (non-hydrogen) atoms. The minimum Gasteiger partial charge on any atom is -0.317 e. The van der Waals surface area contributed by atoms with E-state index >= 15 is 0 Å². The summed E-state index contributed by atoms with van der Waals surface area (Å²) in [7, 11) is 0. The van der Waals surface area contributed by atoms with Crippen molar-refractivity contribution in [3.05, 3.63) is 33.3 Å². The molecule has 1 nitrogen and oxygen atoms in total. The van der Waals surface area contributed by atoms with Crippen molar-refractivity contribution in [2.45, 2.75) is 26.2 Å². The number of hydrogen-bond acceptors (Lipinski definition) is 1. The molecule has 0 fully saturated rings. The van der Waals surface area contributed by atoms with Crippen LogP contribution in [-0.4, -0.2) is 6.54 Å². The Hall–Kier alpha value is -0.810. The molecule has 0 bridgehead atoms. The summed E-state index contributed by atoms with van der Waals surface area (Å²) in [4.78, 5) is 6.15. The van der Waals surface area contributed by atoms with Gasteiger partial charge in [-0.1, -0.05) is 13.3 Å². The van der Waals surface area contributed by atoms with Crippen molar-refractivity contribution in [2.75, 3.05) is 6.54 Å². The van der Waals surface area contributed by atoms with Crippen LogP contribution in [-0.2, 0) is 12.8 Å². The van der Waals surface area contributed by atoms with Crippen molar-refractivity contribution in [1.82, 2.24) is 0 Å². The Kier molecular flexibility index (Phi) is 3.83. The van der Waals surface area contributed by atoms with Crippen LogP contribution in [0.1, 0.15) is 23.1 Å². The Labute approximate surface area is 77.9 Å². The van der Waals surface area contributed by atoms with E-state index in [-0.39, 0.29) is 0 Å². The molecule has 0 spiro atoms. The average molecular weight is 179 g/mol. The second kappa shape index (κ2) is 4.95. The molecule has 1 aromatic heterocycles. The standard InChI is InChI=1S/C10H13NS/c1-3-4-9-5-6-10(12-9)7-8-11-2/h5-6H,3-4,7-8H2,1H3. The third-order valence-corrected chi connectivity index (χ3v) is 2.89. The van der Waals surface area contributed by atoms with E-state index in [0.717, 1.165) is 6.42 Å². The molecular formula is C10H13NS. The summed E-state index contributed by atoms with van der Waals surface area (Å²) in [6, 6.07) is 4.34. The minimum absolute atomic E-state index is 0.631. The van der Waals surface area contributed by atoms with Gasteiger partial charge in [-0.05, 0) is 18.6 Å². The van der Waals surface area contributed by atoms with Crippen molar-refractivity contribution in [2.24, 2.45) is 0 Å². The molecular weight excluding hydrogens is 166 g/mol. The van der Waals surface area contributed by atoms with E-state index in [4.69, 9.17) is 6.57 Å². The van der Waals surface area contributed by atoms with E-state index in [1.54, 1.807) is 0 Å². The van der Waals surface area contributed by atoms with E-state index in [1.165, 1.54) is 22.6 Å². The predicted molar refractivity (Wildman–Crippen MR) is 53.5 cm³/mol. The van der Waals surface area contributed by atoms with Crippen molar-refractivity contribution < 1.29 is 0 Å². The predicted octanol–water partition coefficient (Wildman–Crippen LogP) is 3.16. The lowest BCUT2D eigenvalue weighted by Crippen LogP contribution is -1.80. The number of rotatable bonds is 4. The van der Waals surface area contributed by atoms with Crippen LogP contribution in [0.5, 0.6) is 0 Å². The topological polar surface area (TPSA) is 4.36 Å². The molecule has 2 heteroatoms. The van der Waals surface area contributed by atoms with Crippen LogP contribution in [0.4, 0.5) is 0 Å². The van der Waals surface area contributed by atoms with Gasteiger partial charge in [0.15, 0.2) is 0 Å². The highest BCUT2D eigenvalue weighted by atomic mass is 32.1. The summed E-state index contributed by atoms with van der Waals surface area (Å²) in [6.45, 7) is 9.49. The Morgan fingerprint density at radius 2 is 2.00 bits per heavy atom. The van der Waals surface area contributed by atoms with E-state index in [1.807, 2.05) is 11.3 Å². The van der Waals surface area contributed by atoms with Crippen LogP contribution in [0.2, 0.25) is 0 Å². The van der Waals surface area contributed by atoms with Gasteiger partial charge in [0.25, 0.3) is 0 Å². The van der Waals surface area contributed by atoms with Gasteiger partial charge in [-0.25, -0.2) is 6.57 Å². The van der Waals surface area contributed by atoms with Gasteiger partial charge < -0.3 is 4.85 Å². The smallest absolute Gasteiger partial charge is 0.219 e. The molecule has 0 aliphatic rings. The maximum atomic E-state index is 6.67. The normalized spacial score (nSPS) is 9.67. The Balaban J connectivity index is 2.47. The first-order chi connectivity index (χ1) is 5.86. The summed E-state index contributed by atoms with van der Waals surface area (Å²) in [5.41, 5.74) is 0. The van der Waals surface area contributed by atoms with Gasteiger partial charge in [0.1, 0.15) is 0 Å². The fourth-order valence-electron chi connectivity index (χ4n) is 1.10. The van der Waals surface area contributed by atoms with Crippen LogP contribution in [0, 0.1) is 6.57 Å². The van der Waals surface area contributed by atoms with Gasteiger partial charge >= 0.3 is 0 Å². The third-order valence-electron chi connectivity index (χ3n) is 1.68. The molecule has 0 N–H and O–H groups in total. The number of thiophene rings is 1. The molecule has 0 amide bonds. The number of aryl methyl sites for hydroxylation is 1. The largest absolute Gasteiger partial charge is 0.317 e. The Bertz CT molecular complexity index is 270. The molecule has 0 aliphatic heterocycles. The monoisotopic (exact) mass is 179 g/mol. The molecule has 0 unspecified atom stereocenters. The lowest BCUT2D eigenvalue weighted by molar-refractivity contribution is 0.940. The van der Waals surface area contributed by atoms with Gasteiger partial charge in [-0.15, -0.1) is 11.3 Å². The first-order valence-electron chi connectivity index (χ1n) is 4.27. The van der Waals surface area contributed by atoms with Crippen molar-refractivity contribution in [3.63, 3.8) is 0 Å². The zero-order valence-corrected chi connectivity index (χ0v) is 8.16. The SMILES string of the molecule is [C-]#[N+]CCc1ccc(CCC)s1. The van der Waals surface area contributed by atoms with Gasteiger partial charge in [0.05, 0.1) is 6.42 Å². The van der Waals surface area contributed by atoms with Crippen LogP contribution in [0.3, 0.4) is 0 Å². The first kappa shape index (κ1) is 9.28.